The number of piperidine rings is 1. The van der Waals surface area contributed by atoms with Gasteiger partial charge in [0.1, 0.15) is 17.5 Å². The highest BCUT2D eigenvalue weighted by molar-refractivity contribution is 6.11. The summed E-state index contributed by atoms with van der Waals surface area (Å²) in [6.45, 7) is 5.56. The van der Waals surface area contributed by atoms with E-state index in [-0.39, 0.29) is 24.1 Å². The minimum atomic E-state index is -0.508. The molecule has 10 nitrogen and oxygen atoms in total. The molecule has 10 heteroatoms. The first-order chi connectivity index (χ1) is 21.0. The molecule has 5 heterocycles. The molecular weight excluding hydrogens is 540 g/mol. The molecule has 0 spiro atoms. The fourth-order valence-corrected chi connectivity index (χ4v) is 6.07. The quantitative estimate of drug-likeness (QED) is 0.233. The first kappa shape index (κ1) is 28.6. The summed E-state index contributed by atoms with van der Waals surface area (Å²) in [5.41, 5.74) is 3.71. The number of pyridine rings is 3. The number of aromatic nitrogens is 3. The van der Waals surface area contributed by atoms with Crippen LogP contribution in [-0.4, -0.2) is 59.4 Å². The van der Waals surface area contributed by atoms with E-state index in [1.807, 2.05) is 30.5 Å². The number of nitrogens with one attached hydrogen (secondary N) is 2. The second kappa shape index (κ2) is 12.8. The monoisotopic (exact) mass is 578 g/mol. The van der Waals surface area contributed by atoms with E-state index in [4.69, 9.17) is 14.7 Å². The molecule has 0 aromatic carbocycles. The lowest BCUT2D eigenvalue weighted by Gasteiger charge is -2.30. The highest BCUT2D eigenvalue weighted by Crippen LogP contribution is 2.38. The number of anilines is 4. The normalized spacial score (nSPS) is 17.3. The van der Waals surface area contributed by atoms with Crippen LogP contribution in [0.2, 0.25) is 0 Å². The molecule has 43 heavy (non-hydrogen) atoms. The van der Waals surface area contributed by atoms with Crippen LogP contribution in [0.25, 0.3) is 11.1 Å². The van der Waals surface area contributed by atoms with Crippen molar-refractivity contribution in [3.05, 3.63) is 54.0 Å². The second-order valence-electron chi connectivity index (χ2n) is 11.6. The number of nitrogens with zero attached hydrogens (tertiary/aromatic N) is 6. The van der Waals surface area contributed by atoms with Gasteiger partial charge in [-0.2, -0.15) is 5.26 Å². The maximum absolute atomic E-state index is 13.0. The van der Waals surface area contributed by atoms with Crippen LogP contribution in [-0.2, 0) is 4.74 Å². The molecule has 3 aromatic rings. The van der Waals surface area contributed by atoms with Crippen LogP contribution >= 0.6 is 0 Å². The van der Waals surface area contributed by atoms with Crippen molar-refractivity contribution in [2.75, 3.05) is 47.9 Å². The lowest BCUT2D eigenvalue weighted by atomic mass is 9.78. The van der Waals surface area contributed by atoms with Crippen LogP contribution in [0, 0.1) is 28.6 Å². The van der Waals surface area contributed by atoms with Crippen LogP contribution in [0.3, 0.4) is 0 Å². The molecule has 222 valence electrons. The Kier molecular flexibility index (Phi) is 8.50. The second-order valence-corrected chi connectivity index (χ2v) is 11.6. The van der Waals surface area contributed by atoms with E-state index in [1.54, 1.807) is 19.2 Å². The Hall–Kier alpha value is -4.52. The minimum Gasteiger partial charge on any atom is -0.461 e. The van der Waals surface area contributed by atoms with Crippen molar-refractivity contribution in [2.24, 2.45) is 11.8 Å². The molecule has 3 aliphatic rings. The average Bonchev–Trinajstić information content (AvgIpc) is 3.56. The lowest BCUT2D eigenvalue weighted by molar-refractivity contribution is 0.0519. The largest absolute Gasteiger partial charge is 0.461 e. The Morgan fingerprint density at radius 2 is 1.79 bits per heavy atom. The third kappa shape index (κ3) is 6.17. The van der Waals surface area contributed by atoms with Crippen LogP contribution in [0.5, 0.6) is 0 Å². The van der Waals surface area contributed by atoms with E-state index < -0.39 is 5.97 Å². The molecule has 1 saturated carbocycles. The molecule has 2 N–H and O–H groups in total. The van der Waals surface area contributed by atoms with Gasteiger partial charge in [-0.25, -0.2) is 19.7 Å². The fraction of sp³-hybridized carbons (Fsp3) is 0.455. The highest BCUT2D eigenvalue weighted by Gasteiger charge is 2.30. The Labute approximate surface area is 252 Å². The van der Waals surface area contributed by atoms with Crippen molar-refractivity contribution in [3.8, 4) is 17.2 Å². The van der Waals surface area contributed by atoms with Crippen LogP contribution in [0.15, 0.2) is 42.7 Å². The van der Waals surface area contributed by atoms with E-state index in [9.17, 15) is 15.5 Å². The van der Waals surface area contributed by atoms with Gasteiger partial charge in [0.05, 0.1) is 12.7 Å². The molecule has 3 fully saturated rings. The highest BCUT2D eigenvalue weighted by atomic mass is 16.5. The first-order valence-corrected chi connectivity index (χ1v) is 15.4. The zero-order chi connectivity index (χ0) is 29.8. The zero-order valence-corrected chi connectivity index (χ0v) is 24.7. The standard InChI is InChI=1S/C33H38N8O2/c1-2-43-33(42)27-19-26(24-8-9-28(37-21-24)41-16-11-22(20-34)12-17-41)30(31(35)23-6-5-7-23)32(39-27)38-25-10-13-36-29(18-25)40-14-3-4-15-40/h8-10,13,18-19,21-23,35H,2-7,11-12,14-17H2,1H3,(H,36,38,39). The van der Waals surface area contributed by atoms with Gasteiger partial charge in [0.25, 0.3) is 0 Å². The number of carbonyl (C=O) groups excluding carboxylic acids is 1. The molecule has 3 aromatic heterocycles. The zero-order valence-electron chi connectivity index (χ0n) is 24.7. The summed E-state index contributed by atoms with van der Waals surface area (Å²) in [6, 6.07) is 12.0. The number of hydrogen-bond donors (Lipinski definition) is 2. The van der Waals surface area contributed by atoms with E-state index >= 15 is 0 Å². The van der Waals surface area contributed by atoms with Gasteiger partial charge in [-0.15, -0.1) is 0 Å². The van der Waals surface area contributed by atoms with Gasteiger partial charge in [0.15, 0.2) is 5.69 Å². The average molecular weight is 579 g/mol. The molecule has 0 radical (unpaired) electrons. The summed E-state index contributed by atoms with van der Waals surface area (Å²) in [7, 11) is 0. The number of carbonyl (C=O) groups is 1. The molecule has 0 unspecified atom stereocenters. The van der Waals surface area contributed by atoms with Gasteiger partial charge in [-0.05, 0) is 75.3 Å². The maximum Gasteiger partial charge on any atom is 0.357 e. The molecule has 0 atom stereocenters. The number of hydrogen-bond acceptors (Lipinski definition) is 10. The van der Waals surface area contributed by atoms with Gasteiger partial charge in [-0.3, -0.25) is 0 Å². The van der Waals surface area contributed by atoms with Crippen molar-refractivity contribution >= 4 is 34.8 Å². The van der Waals surface area contributed by atoms with Gasteiger partial charge < -0.3 is 25.3 Å². The van der Waals surface area contributed by atoms with Gasteiger partial charge in [0, 0.05) is 79.0 Å². The van der Waals surface area contributed by atoms with E-state index in [0.717, 1.165) is 99.6 Å². The maximum atomic E-state index is 13.0. The van der Waals surface area contributed by atoms with E-state index in [2.05, 4.69) is 26.2 Å². The summed E-state index contributed by atoms with van der Waals surface area (Å²) >= 11 is 0. The molecule has 0 amide bonds. The van der Waals surface area contributed by atoms with Gasteiger partial charge in [-0.1, -0.05) is 6.42 Å². The van der Waals surface area contributed by atoms with E-state index in [1.165, 1.54) is 0 Å². The summed E-state index contributed by atoms with van der Waals surface area (Å²) in [5, 5.41) is 22.0. The Bertz CT molecular complexity index is 1510. The topological polar surface area (TPSA) is 131 Å². The van der Waals surface area contributed by atoms with Crippen molar-refractivity contribution in [3.63, 3.8) is 0 Å². The molecule has 2 aliphatic heterocycles. The van der Waals surface area contributed by atoms with E-state index in [0.29, 0.717) is 17.1 Å². The molecule has 6 rings (SSSR count). The van der Waals surface area contributed by atoms with Crippen molar-refractivity contribution in [2.45, 2.75) is 51.9 Å². The van der Waals surface area contributed by atoms with Crippen LogP contribution < -0.4 is 15.1 Å². The first-order valence-electron chi connectivity index (χ1n) is 15.4. The Balaban J connectivity index is 1.40. The Morgan fingerprint density at radius 3 is 2.44 bits per heavy atom. The molecular formula is C33H38N8O2. The van der Waals surface area contributed by atoms with Crippen LogP contribution in [0.1, 0.15) is 67.9 Å². The number of nitriles is 1. The number of rotatable bonds is 9. The summed E-state index contributed by atoms with van der Waals surface area (Å²) in [6.07, 6.45) is 10.6. The summed E-state index contributed by atoms with van der Waals surface area (Å²) in [5.74, 6) is 1.95. The third-order valence-electron chi connectivity index (χ3n) is 8.79. The smallest absolute Gasteiger partial charge is 0.357 e. The van der Waals surface area contributed by atoms with Crippen LogP contribution in [0.4, 0.5) is 23.1 Å². The number of esters is 1. The lowest BCUT2D eigenvalue weighted by Crippen LogP contribution is -2.33. The molecule has 0 bridgehead atoms. The summed E-state index contributed by atoms with van der Waals surface area (Å²) < 4.78 is 5.36. The van der Waals surface area contributed by atoms with Gasteiger partial charge >= 0.3 is 5.97 Å². The predicted octanol–water partition coefficient (Wildman–Crippen LogP) is 5.97. The SMILES string of the molecule is CCOC(=O)c1cc(-c2ccc(N3CCC(C#N)CC3)nc2)c(C(=N)C2CCC2)c(Nc2ccnc(N3CCCC3)c2)n1. The summed E-state index contributed by atoms with van der Waals surface area (Å²) in [4.78, 5) is 31.6. The predicted molar refractivity (Wildman–Crippen MR) is 167 cm³/mol. The third-order valence-corrected chi connectivity index (χ3v) is 8.79. The number of ether oxygens (including phenoxy) is 1. The van der Waals surface area contributed by atoms with Crippen molar-refractivity contribution in [1.29, 1.82) is 10.7 Å². The minimum absolute atomic E-state index is 0.103. The molecule has 1 aliphatic carbocycles. The fourth-order valence-electron chi connectivity index (χ4n) is 6.07. The van der Waals surface area contributed by atoms with Gasteiger partial charge in [0.2, 0.25) is 0 Å². The van der Waals surface area contributed by atoms with Crippen molar-refractivity contribution in [1.82, 2.24) is 15.0 Å². The molecule has 2 saturated heterocycles. The Morgan fingerprint density at radius 1 is 1.02 bits per heavy atom. The van der Waals surface area contributed by atoms with Crippen molar-refractivity contribution < 1.29 is 9.53 Å².